The molecule has 5 N–H and O–H groups in total. The minimum Gasteiger partial charge on any atom is -0.477 e. The minimum atomic E-state index is -4.85. The van der Waals surface area contributed by atoms with Crippen LogP contribution in [0, 0.1) is 0 Å². The van der Waals surface area contributed by atoms with E-state index in [2.05, 4.69) is 25.1 Å². The number of fused-ring (bicyclic) bond motifs is 1. The number of rotatable bonds is 9. The number of hydrogen-bond acceptors (Lipinski definition) is 8. The van der Waals surface area contributed by atoms with Crippen LogP contribution < -0.4 is 16.1 Å². The molecule has 0 saturated carbocycles. The maximum Gasteiger partial charge on any atom is 0.469 e. The van der Waals surface area contributed by atoms with Crippen LogP contribution in [-0.2, 0) is 15.3 Å². The normalized spacial score (nSPS) is 12.7. The number of hydrogen-bond donors (Lipinski definition) is 5. The molecule has 0 aliphatic carbocycles. The molecule has 0 aliphatic rings. The molecule has 0 bridgehead atoms. The highest BCUT2D eigenvalue weighted by atomic mass is 32.1. The lowest BCUT2D eigenvalue weighted by atomic mass is 9.99. The van der Waals surface area contributed by atoms with E-state index < -0.39 is 55.3 Å². The number of nitrogens with zero attached hydrogens (tertiary/aromatic N) is 3. The SMILES string of the molecule is CCNC(=O)Nc1cc(-c2nc(C(F)(F)F)cs2)c(-c2ccc3c(c2)c(=O)c(C(=O)O)cn3[C@@H](C)COP(=O)(O)O)cn1. The lowest BCUT2D eigenvalue weighted by molar-refractivity contribution is -0.140. The smallest absolute Gasteiger partial charge is 0.469 e. The van der Waals surface area contributed by atoms with Crippen molar-refractivity contribution in [2.75, 3.05) is 18.5 Å². The summed E-state index contributed by atoms with van der Waals surface area (Å²) in [5, 5.41) is 15.3. The number of anilines is 1. The van der Waals surface area contributed by atoms with Crippen LogP contribution in [0.4, 0.5) is 23.8 Å². The summed E-state index contributed by atoms with van der Waals surface area (Å²) < 4.78 is 57.1. The first-order valence-electron chi connectivity index (χ1n) is 12.3. The van der Waals surface area contributed by atoms with Crippen LogP contribution in [0.1, 0.15) is 35.9 Å². The van der Waals surface area contributed by atoms with Crippen molar-refractivity contribution in [1.82, 2.24) is 19.9 Å². The number of carboxylic acids is 1. The van der Waals surface area contributed by atoms with E-state index in [0.717, 1.165) is 11.6 Å². The highest BCUT2D eigenvalue weighted by Crippen LogP contribution is 2.40. The number of urea groups is 1. The average molecular weight is 642 g/mol. The number of pyridine rings is 2. The number of phosphoric ester groups is 1. The number of benzene rings is 1. The maximum atomic E-state index is 13.4. The van der Waals surface area contributed by atoms with E-state index in [-0.39, 0.29) is 38.4 Å². The molecular weight excluding hydrogens is 618 g/mol. The molecule has 0 radical (unpaired) electrons. The number of carbonyl (C=O) groups excluding carboxylic acids is 1. The maximum absolute atomic E-state index is 13.4. The van der Waals surface area contributed by atoms with Crippen LogP contribution in [0.25, 0.3) is 32.6 Å². The van der Waals surface area contributed by atoms with Crippen molar-refractivity contribution in [2.45, 2.75) is 26.1 Å². The second-order valence-corrected chi connectivity index (χ2v) is 11.2. The number of alkyl halides is 3. The van der Waals surface area contributed by atoms with E-state index in [1.54, 1.807) is 6.92 Å². The molecule has 1 atom stereocenters. The number of carboxylic acid groups (broad SMARTS) is 1. The summed E-state index contributed by atoms with van der Waals surface area (Å²) in [6.07, 6.45) is -2.42. The van der Waals surface area contributed by atoms with Gasteiger partial charge in [0, 0.05) is 40.8 Å². The third kappa shape index (κ3) is 7.26. The summed E-state index contributed by atoms with van der Waals surface area (Å²) in [6.45, 7) is 2.95. The van der Waals surface area contributed by atoms with Gasteiger partial charge in [-0.3, -0.25) is 14.6 Å². The Morgan fingerprint density at radius 2 is 1.93 bits per heavy atom. The lowest BCUT2D eigenvalue weighted by Gasteiger charge is -2.20. The summed E-state index contributed by atoms with van der Waals surface area (Å²) in [6, 6.07) is 4.15. The Morgan fingerprint density at radius 1 is 1.21 bits per heavy atom. The molecule has 43 heavy (non-hydrogen) atoms. The van der Waals surface area contributed by atoms with Crippen molar-refractivity contribution < 1.29 is 46.7 Å². The molecule has 3 heterocycles. The largest absolute Gasteiger partial charge is 0.477 e. The van der Waals surface area contributed by atoms with E-state index in [1.165, 1.54) is 42.0 Å². The van der Waals surface area contributed by atoms with E-state index in [0.29, 0.717) is 17.9 Å². The predicted octanol–water partition coefficient (Wildman–Crippen LogP) is 4.72. The Balaban J connectivity index is 1.91. The first-order valence-corrected chi connectivity index (χ1v) is 14.7. The Hall–Kier alpha value is -4.15. The van der Waals surface area contributed by atoms with Crippen molar-refractivity contribution in [3.05, 3.63) is 63.5 Å². The quantitative estimate of drug-likeness (QED) is 0.160. The average Bonchev–Trinajstić information content (AvgIpc) is 3.43. The number of aromatic carboxylic acids is 1. The van der Waals surface area contributed by atoms with Gasteiger partial charge >= 0.3 is 26.0 Å². The van der Waals surface area contributed by atoms with Crippen molar-refractivity contribution in [1.29, 1.82) is 0 Å². The Morgan fingerprint density at radius 3 is 2.53 bits per heavy atom. The number of carbonyl (C=O) groups is 2. The third-order valence-electron chi connectivity index (χ3n) is 6.04. The molecule has 0 spiro atoms. The molecule has 1 aromatic carbocycles. The van der Waals surface area contributed by atoms with Gasteiger partial charge in [-0.2, -0.15) is 13.2 Å². The van der Waals surface area contributed by atoms with Gasteiger partial charge in [-0.05, 0) is 37.6 Å². The van der Waals surface area contributed by atoms with Gasteiger partial charge in [-0.1, -0.05) is 6.07 Å². The van der Waals surface area contributed by atoms with Gasteiger partial charge in [0.15, 0.2) is 5.69 Å². The molecule has 0 unspecified atom stereocenters. The fraction of sp³-hybridized carbons (Fsp3) is 0.240. The minimum absolute atomic E-state index is 0.00338. The Bertz CT molecular complexity index is 1820. The molecule has 0 aliphatic heterocycles. The van der Waals surface area contributed by atoms with Gasteiger partial charge in [-0.15, -0.1) is 11.3 Å². The van der Waals surface area contributed by atoms with Gasteiger partial charge in [0.1, 0.15) is 16.4 Å². The number of nitrogens with one attached hydrogen (secondary N) is 2. The van der Waals surface area contributed by atoms with E-state index in [4.69, 9.17) is 9.79 Å². The fourth-order valence-corrected chi connectivity index (χ4v) is 5.37. The molecule has 228 valence electrons. The van der Waals surface area contributed by atoms with Crippen molar-refractivity contribution in [3.63, 3.8) is 0 Å². The summed E-state index contributed by atoms with van der Waals surface area (Å²) >= 11 is 0.695. The van der Waals surface area contributed by atoms with Gasteiger partial charge in [-0.25, -0.2) is 24.1 Å². The zero-order valence-electron chi connectivity index (χ0n) is 22.2. The van der Waals surface area contributed by atoms with E-state index in [1.807, 2.05) is 0 Å². The number of phosphoric acid groups is 1. The molecule has 13 nitrogen and oxygen atoms in total. The summed E-state index contributed by atoms with van der Waals surface area (Å²) in [5.74, 6) is -1.55. The second kappa shape index (κ2) is 12.2. The highest BCUT2D eigenvalue weighted by molar-refractivity contribution is 7.46. The van der Waals surface area contributed by atoms with Crippen LogP contribution in [-0.4, -0.2) is 54.6 Å². The first kappa shape index (κ1) is 31.8. The van der Waals surface area contributed by atoms with Gasteiger partial charge in [0.25, 0.3) is 0 Å². The van der Waals surface area contributed by atoms with Crippen LogP contribution >= 0.6 is 19.2 Å². The summed E-state index contributed by atoms with van der Waals surface area (Å²) in [7, 11) is -4.85. The van der Waals surface area contributed by atoms with Gasteiger partial charge < -0.3 is 24.8 Å². The standard InChI is InChI=1S/C25H23F3N5O8PS/c1-3-29-24(37)32-20-7-14(22-31-19(11-43-22)25(26,27)28)16(8-30-20)13-4-5-18-15(6-13)21(34)17(23(35)36)9-33(18)12(2)10-41-42(38,39)40/h4-9,11-12H,3,10H2,1-2H3,(H,35,36)(H2,38,39,40)(H2,29,30,32,37)/t12-/m0/s1. The predicted molar refractivity (Wildman–Crippen MR) is 150 cm³/mol. The number of amides is 2. The van der Waals surface area contributed by atoms with Crippen LogP contribution in [0.3, 0.4) is 0 Å². The lowest BCUT2D eigenvalue weighted by Crippen LogP contribution is -2.28. The number of thiazole rings is 1. The topological polar surface area (TPSA) is 193 Å². The molecule has 0 fully saturated rings. The zero-order valence-corrected chi connectivity index (χ0v) is 24.0. The summed E-state index contributed by atoms with van der Waals surface area (Å²) in [4.78, 5) is 63.2. The molecule has 2 amide bonds. The van der Waals surface area contributed by atoms with E-state index in [9.17, 15) is 37.2 Å². The van der Waals surface area contributed by atoms with Crippen LogP contribution in [0.5, 0.6) is 0 Å². The van der Waals surface area contributed by atoms with Crippen LogP contribution in [0.15, 0.2) is 46.8 Å². The van der Waals surface area contributed by atoms with Crippen molar-refractivity contribution in [3.8, 4) is 21.7 Å². The molecular formula is C25H23F3N5O8PS. The van der Waals surface area contributed by atoms with Crippen molar-refractivity contribution >= 4 is 47.9 Å². The fourth-order valence-electron chi connectivity index (χ4n) is 4.10. The molecule has 4 rings (SSSR count). The number of halogens is 3. The molecule has 4 aromatic rings. The van der Waals surface area contributed by atoms with Gasteiger partial charge in [0.05, 0.1) is 18.2 Å². The number of aromatic nitrogens is 3. The Kier molecular flexibility index (Phi) is 9.03. The molecule has 18 heteroatoms. The highest BCUT2D eigenvalue weighted by Gasteiger charge is 2.34. The zero-order chi connectivity index (χ0) is 31.7. The first-order chi connectivity index (χ1) is 20.1. The third-order valence-corrected chi connectivity index (χ3v) is 7.40. The van der Waals surface area contributed by atoms with Crippen molar-refractivity contribution in [2.24, 2.45) is 0 Å². The molecule has 0 saturated heterocycles. The monoisotopic (exact) mass is 641 g/mol. The summed E-state index contributed by atoms with van der Waals surface area (Å²) in [5.41, 5.74) is -1.83. The van der Waals surface area contributed by atoms with Crippen LogP contribution in [0.2, 0.25) is 0 Å². The Labute approximate surface area is 244 Å². The van der Waals surface area contributed by atoms with E-state index >= 15 is 0 Å². The van der Waals surface area contributed by atoms with Gasteiger partial charge in [0.2, 0.25) is 5.43 Å². The molecule has 3 aromatic heterocycles. The second-order valence-electron chi connectivity index (χ2n) is 9.09.